The molecule has 0 amide bonds. The van der Waals surface area contributed by atoms with E-state index in [0.29, 0.717) is 0 Å². The molecule has 2 aromatic rings. The minimum Gasteiger partial charge on any atom is -0.346 e. The molecule has 2 nitrogen and oxygen atoms in total. The van der Waals surface area contributed by atoms with Gasteiger partial charge in [0, 0.05) is 19.8 Å². The minimum atomic E-state index is -0.931. The molecule has 132 valence electrons. The molecule has 4 rings (SSSR count). The van der Waals surface area contributed by atoms with Gasteiger partial charge < -0.3 is 9.47 Å². The van der Waals surface area contributed by atoms with E-state index in [9.17, 15) is 0 Å². The summed E-state index contributed by atoms with van der Waals surface area (Å²) in [5, 5.41) is 2.36. The Labute approximate surface area is 170 Å². The number of allylic oxidation sites excluding steroid dienone is 6. The minimum absolute atomic E-state index is 0.340. The van der Waals surface area contributed by atoms with Crippen molar-refractivity contribution in [2.75, 3.05) is 14.2 Å². The van der Waals surface area contributed by atoms with Gasteiger partial charge >= 0.3 is 0 Å². The van der Waals surface area contributed by atoms with Crippen LogP contribution in [0.2, 0.25) is 0 Å². The van der Waals surface area contributed by atoms with Crippen molar-refractivity contribution in [1.29, 1.82) is 0 Å². The third-order valence-corrected chi connectivity index (χ3v) is 5.88. The van der Waals surface area contributed by atoms with Crippen molar-refractivity contribution >= 4 is 48.2 Å². The Morgan fingerprint density at radius 2 is 1.58 bits per heavy atom. The summed E-state index contributed by atoms with van der Waals surface area (Å²) in [6.07, 6.45) is 10.4. The van der Waals surface area contributed by atoms with Crippen LogP contribution in [0.1, 0.15) is 5.56 Å². The molecule has 0 bridgehead atoms. The fourth-order valence-corrected chi connectivity index (χ4v) is 4.42. The molecule has 0 atom stereocenters. The van der Waals surface area contributed by atoms with Crippen molar-refractivity contribution in [2.45, 2.75) is 9.02 Å². The maximum absolute atomic E-state index is 5.89. The van der Waals surface area contributed by atoms with Gasteiger partial charge in [-0.15, -0.1) is 0 Å². The van der Waals surface area contributed by atoms with Crippen LogP contribution in [0.25, 0.3) is 16.3 Å². The Morgan fingerprint density at radius 3 is 2.35 bits per heavy atom. The Bertz CT molecular complexity index is 987. The monoisotopic (exact) mass is 472 g/mol. The van der Waals surface area contributed by atoms with Crippen molar-refractivity contribution in [3.8, 4) is 0 Å². The Balaban J connectivity index is 2.06. The van der Waals surface area contributed by atoms with Gasteiger partial charge in [-0.25, -0.2) is 0 Å². The molecular weight excluding hydrogens is 456 g/mol. The zero-order valence-electron chi connectivity index (χ0n) is 14.5. The van der Waals surface area contributed by atoms with E-state index in [-0.39, 0.29) is 3.23 Å². The molecule has 4 heteroatoms. The Morgan fingerprint density at radius 1 is 0.846 bits per heavy atom. The summed E-state index contributed by atoms with van der Waals surface area (Å²) in [5.41, 5.74) is 4.34. The van der Waals surface area contributed by atoms with Crippen LogP contribution in [-0.4, -0.2) is 23.2 Å². The van der Waals surface area contributed by atoms with Gasteiger partial charge in [0.15, 0.2) is 0 Å². The third kappa shape index (κ3) is 2.85. The maximum atomic E-state index is 5.89. The van der Waals surface area contributed by atoms with Gasteiger partial charge in [-0.05, 0) is 39.6 Å². The number of rotatable bonds is 3. The molecule has 0 unspecified atom stereocenters. The van der Waals surface area contributed by atoms with Crippen molar-refractivity contribution < 1.29 is 9.47 Å². The number of alkyl halides is 2. The van der Waals surface area contributed by atoms with E-state index in [1.54, 1.807) is 14.2 Å². The Hall–Kier alpha value is -1.46. The first kappa shape index (κ1) is 17.9. The van der Waals surface area contributed by atoms with Crippen molar-refractivity contribution in [1.82, 2.24) is 0 Å². The Kier molecular flexibility index (Phi) is 4.56. The van der Waals surface area contributed by atoms with Gasteiger partial charge in [-0.3, -0.25) is 0 Å². The highest BCUT2D eigenvalue weighted by atomic mass is 79.9. The fraction of sp³-hybridized carbons (Fsp3) is 0.182. The summed E-state index contributed by atoms with van der Waals surface area (Å²) in [5.74, 6) is -0.931. The molecule has 0 saturated carbocycles. The second-order valence-corrected chi connectivity index (χ2v) is 10.0. The van der Waals surface area contributed by atoms with Gasteiger partial charge in [0.25, 0.3) is 0 Å². The van der Waals surface area contributed by atoms with Crippen LogP contribution in [0.15, 0.2) is 84.0 Å². The van der Waals surface area contributed by atoms with Gasteiger partial charge in [0.1, 0.15) is 3.23 Å². The van der Waals surface area contributed by atoms with E-state index >= 15 is 0 Å². The lowest BCUT2D eigenvalue weighted by atomic mass is 9.80. The first-order chi connectivity index (χ1) is 12.5. The molecule has 0 N–H and O–H groups in total. The average molecular weight is 474 g/mol. The standard InChI is InChI=1S/C22H18Br2O2/c1-25-22(26-2)13-10-16-14-21(23,24)12-11-18(16)20(22)19-9-5-7-15-6-3-4-8-17(15)19/h3-14H,1-2H3. The number of benzene rings is 2. The number of fused-ring (bicyclic) bond motifs is 2. The lowest BCUT2D eigenvalue weighted by molar-refractivity contribution is -0.125. The highest BCUT2D eigenvalue weighted by Gasteiger charge is 2.40. The van der Waals surface area contributed by atoms with Gasteiger partial charge in [0.05, 0.1) is 0 Å². The second kappa shape index (κ2) is 6.61. The SMILES string of the molecule is COC1(OC)C=CC2=CC(Br)(Br)C=CC2=C1c1cccc2ccccc12. The van der Waals surface area contributed by atoms with Gasteiger partial charge in [0.2, 0.25) is 5.79 Å². The summed E-state index contributed by atoms with van der Waals surface area (Å²) >= 11 is 7.34. The zero-order valence-corrected chi connectivity index (χ0v) is 17.7. The molecule has 0 saturated heterocycles. The van der Waals surface area contributed by atoms with E-state index in [1.807, 2.05) is 6.08 Å². The molecule has 0 radical (unpaired) electrons. The number of ether oxygens (including phenoxy) is 2. The van der Waals surface area contributed by atoms with Crippen LogP contribution in [0, 0.1) is 0 Å². The summed E-state index contributed by atoms with van der Waals surface area (Å²) in [6, 6.07) is 14.7. The molecule has 0 aromatic heterocycles. The summed E-state index contributed by atoms with van der Waals surface area (Å²) < 4.78 is 11.4. The van der Waals surface area contributed by atoms with E-state index in [0.717, 1.165) is 22.3 Å². The lowest BCUT2D eigenvalue weighted by Gasteiger charge is -2.37. The predicted octanol–water partition coefficient (Wildman–Crippen LogP) is 6.13. The van der Waals surface area contributed by atoms with Crippen molar-refractivity contribution in [2.24, 2.45) is 0 Å². The molecular formula is C22H18Br2O2. The molecule has 0 heterocycles. The van der Waals surface area contributed by atoms with E-state index in [4.69, 9.17) is 9.47 Å². The second-order valence-electron chi connectivity index (χ2n) is 6.33. The number of methoxy groups -OCH3 is 2. The van der Waals surface area contributed by atoms with E-state index in [2.05, 4.69) is 98.6 Å². The van der Waals surface area contributed by atoms with Crippen molar-refractivity contribution in [3.05, 3.63) is 89.6 Å². The summed E-state index contributed by atoms with van der Waals surface area (Å²) in [7, 11) is 3.36. The first-order valence-electron chi connectivity index (χ1n) is 8.32. The van der Waals surface area contributed by atoms with Gasteiger partial charge in [-0.1, -0.05) is 92.6 Å². The zero-order chi connectivity index (χ0) is 18.4. The van der Waals surface area contributed by atoms with Crippen molar-refractivity contribution in [3.63, 3.8) is 0 Å². The van der Waals surface area contributed by atoms with Crippen LogP contribution in [-0.2, 0) is 9.47 Å². The third-order valence-electron chi connectivity index (χ3n) is 4.90. The van der Waals surface area contributed by atoms with E-state index < -0.39 is 5.79 Å². The molecule has 2 aromatic carbocycles. The lowest BCUT2D eigenvalue weighted by Crippen LogP contribution is -2.36. The largest absolute Gasteiger partial charge is 0.346 e. The first-order valence-corrected chi connectivity index (χ1v) is 9.91. The highest BCUT2D eigenvalue weighted by molar-refractivity contribution is 9.25. The summed E-state index contributed by atoms with van der Waals surface area (Å²) in [6.45, 7) is 0. The predicted molar refractivity (Wildman–Crippen MR) is 115 cm³/mol. The molecule has 0 aliphatic heterocycles. The van der Waals surface area contributed by atoms with E-state index in [1.165, 1.54) is 10.8 Å². The van der Waals surface area contributed by atoms with Crippen LogP contribution >= 0.6 is 31.9 Å². The average Bonchev–Trinajstić information content (AvgIpc) is 2.66. The molecule has 0 fully saturated rings. The number of hydrogen-bond donors (Lipinski definition) is 0. The smallest absolute Gasteiger partial charge is 0.216 e. The molecule has 0 spiro atoms. The van der Waals surface area contributed by atoms with Crippen LogP contribution in [0.5, 0.6) is 0 Å². The molecule has 2 aliphatic rings. The highest BCUT2D eigenvalue weighted by Crippen LogP contribution is 2.47. The normalized spacial score (nSPS) is 20.2. The topological polar surface area (TPSA) is 18.5 Å². The van der Waals surface area contributed by atoms with Crippen LogP contribution in [0.4, 0.5) is 0 Å². The number of hydrogen-bond acceptors (Lipinski definition) is 2. The fourth-order valence-electron chi connectivity index (χ4n) is 3.66. The summed E-state index contributed by atoms with van der Waals surface area (Å²) in [4.78, 5) is 0. The molecule has 2 aliphatic carbocycles. The van der Waals surface area contributed by atoms with Crippen LogP contribution in [0.3, 0.4) is 0 Å². The quantitative estimate of drug-likeness (QED) is 0.394. The maximum Gasteiger partial charge on any atom is 0.216 e. The number of halogens is 2. The van der Waals surface area contributed by atoms with Crippen LogP contribution < -0.4 is 0 Å². The van der Waals surface area contributed by atoms with Gasteiger partial charge in [-0.2, -0.15) is 0 Å². The molecule has 26 heavy (non-hydrogen) atoms.